The van der Waals surface area contributed by atoms with Gasteiger partial charge in [0, 0.05) is 24.2 Å². The number of aromatic nitrogens is 1. The Labute approximate surface area is 240 Å². The standard InChI is InChI=1S/C30H28N4O6S/c1-17-32-22-9-5-20(12-27(22)41-17)30(37)34-14-23-26(15-34)40-21-7-3-18(4-8-21)13-31-28(35)16-39-25-11-19(29(36)33-23)6-10-24(25)38-2/h3-12,23,26H,13-16H2,1-2H3,(H,31,35)(H,33,36)/t23-,26-/m0/s1. The second-order valence-corrected chi connectivity index (χ2v) is 11.2. The highest BCUT2D eigenvalue weighted by molar-refractivity contribution is 7.18. The molecule has 0 saturated carbocycles. The third-order valence-electron chi connectivity index (χ3n) is 7.10. The van der Waals surface area contributed by atoms with Crippen molar-refractivity contribution in [2.24, 2.45) is 0 Å². The molecule has 0 unspecified atom stereocenters. The quantitative estimate of drug-likeness (QED) is 0.378. The number of amides is 3. The van der Waals surface area contributed by atoms with E-state index in [0.717, 1.165) is 20.8 Å². The van der Waals surface area contributed by atoms with Crippen LogP contribution in [0.2, 0.25) is 0 Å². The molecule has 4 heterocycles. The minimum atomic E-state index is -0.493. The largest absolute Gasteiger partial charge is 0.493 e. The summed E-state index contributed by atoms with van der Waals surface area (Å²) in [5, 5.41) is 6.80. The number of hydrogen-bond acceptors (Lipinski definition) is 8. The smallest absolute Gasteiger partial charge is 0.258 e. The van der Waals surface area contributed by atoms with Gasteiger partial charge in [0.2, 0.25) is 0 Å². The third-order valence-corrected chi connectivity index (χ3v) is 8.03. The van der Waals surface area contributed by atoms with E-state index < -0.39 is 12.1 Å². The van der Waals surface area contributed by atoms with Gasteiger partial charge in [-0.1, -0.05) is 12.1 Å². The number of methoxy groups -OCH3 is 1. The molecule has 0 aliphatic carbocycles. The summed E-state index contributed by atoms with van der Waals surface area (Å²) in [6, 6.07) is 17.1. The predicted octanol–water partition coefficient (Wildman–Crippen LogP) is 3.32. The summed E-state index contributed by atoms with van der Waals surface area (Å²) >= 11 is 1.54. The van der Waals surface area contributed by atoms with Crippen LogP contribution in [0.25, 0.3) is 10.2 Å². The monoisotopic (exact) mass is 572 g/mol. The van der Waals surface area contributed by atoms with Crippen LogP contribution in [0, 0.1) is 6.92 Å². The van der Waals surface area contributed by atoms with Crippen molar-refractivity contribution >= 4 is 39.3 Å². The highest BCUT2D eigenvalue weighted by Gasteiger charge is 2.38. The zero-order valence-electron chi connectivity index (χ0n) is 22.5. The third kappa shape index (κ3) is 5.66. The number of carbonyl (C=O) groups is 3. The van der Waals surface area contributed by atoms with Crippen molar-refractivity contribution in [1.82, 2.24) is 20.5 Å². The fourth-order valence-electron chi connectivity index (χ4n) is 4.99. The van der Waals surface area contributed by atoms with Crippen molar-refractivity contribution in [3.63, 3.8) is 0 Å². The Morgan fingerprint density at radius 3 is 2.71 bits per heavy atom. The van der Waals surface area contributed by atoms with Gasteiger partial charge in [-0.25, -0.2) is 4.98 Å². The molecule has 2 N–H and O–H groups in total. The first-order valence-electron chi connectivity index (χ1n) is 13.2. The number of nitrogens with zero attached hydrogens (tertiary/aromatic N) is 2. The van der Waals surface area contributed by atoms with Crippen molar-refractivity contribution in [1.29, 1.82) is 0 Å². The van der Waals surface area contributed by atoms with E-state index in [-0.39, 0.29) is 43.2 Å². The second kappa shape index (κ2) is 11.1. The lowest BCUT2D eigenvalue weighted by Crippen LogP contribution is -2.45. The Kier molecular flexibility index (Phi) is 7.19. The molecule has 3 aromatic carbocycles. The topological polar surface area (TPSA) is 119 Å². The minimum absolute atomic E-state index is 0.142. The van der Waals surface area contributed by atoms with E-state index in [1.54, 1.807) is 34.4 Å². The van der Waals surface area contributed by atoms with Crippen LogP contribution < -0.4 is 24.8 Å². The number of thiazole rings is 1. The maximum Gasteiger partial charge on any atom is 0.258 e. The summed E-state index contributed by atoms with van der Waals surface area (Å²) in [7, 11) is 1.49. The van der Waals surface area contributed by atoms with Crippen molar-refractivity contribution < 1.29 is 28.6 Å². The van der Waals surface area contributed by atoms with Crippen LogP contribution in [0.5, 0.6) is 17.2 Å². The first-order valence-corrected chi connectivity index (χ1v) is 14.0. The molecule has 1 fully saturated rings. The van der Waals surface area contributed by atoms with Crippen molar-refractivity contribution in [2.75, 3.05) is 26.8 Å². The molecule has 3 aliphatic rings. The van der Waals surface area contributed by atoms with Gasteiger partial charge in [0.1, 0.15) is 11.9 Å². The van der Waals surface area contributed by atoms with E-state index in [1.165, 1.54) is 13.2 Å². The molecule has 7 rings (SSSR count). The van der Waals surface area contributed by atoms with Crippen LogP contribution in [-0.4, -0.2) is 66.6 Å². The first kappa shape index (κ1) is 26.6. The molecule has 1 aromatic heterocycles. The number of nitrogens with one attached hydrogen (secondary N) is 2. The number of likely N-dealkylation sites (tertiary alicyclic amines) is 1. The molecular weight excluding hydrogens is 544 g/mol. The van der Waals surface area contributed by atoms with Crippen molar-refractivity contribution in [3.05, 3.63) is 82.4 Å². The van der Waals surface area contributed by atoms with E-state index in [1.807, 2.05) is 43.3 Å². The normalized spacial score (nSPS) is 19.0. The number of carbonyl (C=O) groups excluding carboxylic acids is 3. The van der Waals surface area contributed by atoms with Gasteiger partial charge in [-0.05, 0) is 61.0 Å². The second-order valence-electron chi connectivity index (χ2n) is 9.94. The van der Waals surface area contributed by atoms with Crippen LogP contribution in [0.4, 0.5) is 0 Å². The fourth-order valence-corrected chi connectivity index (χ4v) is 5.86. The molecule has 210 valence electrons. The zero-order chi connectivity index (χ0) is 28.5. The van der Waals surface area contributed by atoms with Gasteiger partial charge in [0.05, 0.1) is 34.9 Å². The van der Waals surface area contributed by atoms with E-state index in [9.17, 15) is 14.4 Å². The van der Waals surface area contributed by atoms with Crippen LogP contribution in [0.15, 0.2) is 60.7 Å². The Morgan fingerprint density at radius 1 is 1.07 bits per heavy atom. The minimum Gasteiger partial charge on any atom is -0.493 e. The Balaban J connectivity index is 1.30. The number of hydrogen-bond donors (Lipinski definition) is 2. The average Bonchev–Trinajstić information content (AvgIpc) is 3.56. The van der Waals surface area contributed by atoms with Gasteiger partial charge in [-0.3, -0.25) is 14.4 Å². The molecule has 4 aromatic rings. The molecule has 0 spiro atoms. The molecule has 4 bridgehead atoms. The molecular formula is C30H28N4O6S. The predicted molar refractivity (Wildman–Crippen MR) is 153 cm³/mol. The van der Waals surface area contributed by atoms with E-state index >= 15 is 0 Å². The molecule has 3 amide bonds. The zero-order valence-corrected chi connectivity index (χ0v) is 23.3. The SMILES string of the molecule is COc1ccc2cc1OCC(=O)NCc1ccc(cc1)O[C@H]1CN(C(=O)c3ccc4nc(C)sc4c3)C[C@@H]1NC2=O. The number of benzene rings is 3. The number of rotatable bonds is 2. The lowest BCUT2D eigenvalue weighted by molar-refractivity contribution is -0.123. The molecule has 3 aliphatic heterocycles. The fraction of sp³-hybridized carbons (Fsp3) is 0.267. The van der Waals surface area contributed by atoms with Gasteiger partial charge in [0.15, 0.2) is 18.1 Å². The van der Waals surface area contributed by atoms with Crippen LogP contribution in [0.3, 0.4) is 0 Å². The summed E-state index contributed by atoms with van der Waals surface area (Å²) in [4.78, 5) is 45.5. The van der Waals surface area contributed by atoms with Crippen LogP contribution in [-0.2, 0) is 11.3 Å². The van der Waals surface area contributed by atoms with E-state index in [2.05, 4.69) is 15.6 Å². The lowest BCUT2D eigenvalue weighted by Gasteiger charge is -2.21. The summed E-state index contributed by atoms with van der Waals surface area (Å²) in [5.74, 6) is 0.450. The lowest BCUT2D eigenvalue weighted by atomic mass is 10.1. The Bertz CT molecular complexity index is 1640. The number of aryl methyl sites for hydroxylation is 1. The maximum absolute atomic E-state index is 13.6. The molecule has 0 radical (unpaired) electrons. The van der Waals surface area contributed by atoms with E-state index in [0.29, 0.717) is 29.2 Å². The highest BCUT2D eigenvalue weighted by atomic mass is 32.1. The molecule has 1 saturated heterocycles. The van der Waals surface area contributed by atoms with Crippen LogP contribution in [0.1, 0.15) is 31.3 Å². The van der Waals surface area contributed by atoms with Crippen molar-refractivity contribution in [3.8, 4) is 17.2 Å². The molecule has 11 heteroatoms. The van der Waals surface area contributed by atoms with E-state index in [4.69, 9.17) is 14.2 Å². The summed E-state index contributed by atoms with van der Waals surface area (Å²) in [6.07, 6.45) is -0.493. The molecule has 10 nitrogen and oxygen atoms in total. The van der Waals surface area contributed by atoms with Gasteiger partial charge in [-0.15, -0.1) is 11.3 Å². The average molecular weight is 573 g/mol. The number of fused-ring (bicyclic) bond motifs is 8. The Morgan fingerprint density at radius 2 is 1.90 bits per heavy atom. The van der Waals surface area contributed by atoms with Crippen LogP contribution >= 0.6 is 11.3 Å². The van der Waals surface area contributed by atoms with Gasteiger partial charge >= 0.3 is 0 Å². The van der Waals surface area contributed by atoms with Gasteiger partial charge in [0.25, 0.3) is 17.7 Å². The van der Waals surface area contributed by atoms with Gasteiger partial charge < -0.3 is 29.7 Å². The summed E-state index contributed by atoms with van der Waals surface area (Å²) < 4.78 is 18.3. The Hall–Kier alpha value is -4.64. The summed E-state index contributed by atoms with van der Waals surface area (Å²) in [5.41, 5.74) is 2.63. The first-order chi connectivity index (χ1) is 19.9. The maximum atomic E-state index is 13.6. The van der Waals surface area contributed by atoms with Crippen molar-refractivity contribution in [2.45, 2.75) is 25.6 Å². The molecule has 41 heavy (non-hydrogen) atoms. The van der Waals surface area contributed by atoms with Gasteiger partial charge in [-0.2, -0.15) is 0 Å². The summed E-state index contributed by atoms with van der Waals surface area (Å²) in [6.45, 7) is 2.58. The highest BCUT2D eigenvalue weighted by Crippen LogP contribution is 2.29. The number of ether oxygens (including phenoxy) is 3. The molecule has 2 atom stereocenters.